The summed E-state index contributed by atoms with van der Waals surface area (Å²) in [6.45, 7) is 0. The second kappa shape index (κ2) is 4.51. The molecule has 0 spiro atoms. The van der Waals surface area contributed by atoms with Crippen molar-refractivity contribution >= 4 is 6.29 Å². The van der Waals surface area contributed by atoms with Gasteiger partial charge in [-0.25, -0.2) is 0 Å². The molecule has 1 unspecified atom stereocenters. The van der Waals surface area contributed by atoms with Gasteiger partial charge in [-0.2, -0.15) is 0 Å². The van der Waals surface area contributed by atoms with Crippen LogP contribution in [0.3, 0.4) is 0 Å². The van der Waals surface area contributed by atoms with Gasteiger partial charge in [-0.1, -0.05) is 18.2 Å². The summed E-state index contributed by atoms with van der Waals surface area (Å²) < 4.78 is 5.20. The molecule has 2 N–H and O–H groups in total. The molecule has 0 saturated carbocycles. The molecule has 0 amide bonds. The van der Waals surface area contributed by atoms with Gasteiger partial charge in [0.05, 0.1) is 6.42 Å². The van der Waals surface area contributed by atoms with Crippen LogP contribution in [0.15, 0.2) is 30.3 Å². The van der Waals surface area contributed by atoms with E-state index < -0.39 is 6.23 Å². The quantitative estimate of drug-likeness (QED) is 0.533. The summed E-state index contributed by atoms with van der Waals surface area (Å²) >= 11 is 0. The summed E-state index contributed by atoms with van der Waals surface area (Å²) in [5.74, 6) is 0.687. The van der Waals surface area contributed by atoms with Crippen molar-refractivity contribution < 1.29 is 9.53 Å². The average molecular weight is 165 g/mol. The normalized spacial score (nSPS) is 12.1. The van der Waals surface area contributed by atoms with Crippen molar-refractivity contribution in [2.45, 2.75) is 12.6 Å². The summed E-state index contributed by atoms with van der Waals surface area (Å²) in [4.78, 5) is 10.0. The molecule has 0 radical (unpaired) electrons. The molecule has 0 aliphatic carbocycles. The molecule has 0 bridgehead atoms. The van der Waals surface area contributed by atoms with Crippen LogP contribution in [0.1, 0.15) is 6.42 Å². The number of rotatable bonds is 4. The summed E-state index contributed by atoms with van der Waals surface area (Å²) in [6, 6.07) is 9.18. The standard InChI is InChI=1S/C9H11NO2/c10-9(6-7-11)12-8-4-2-1-3-5-8/h1-5,7,9H,6,10H2. The summed E-state index contributed by atoms with van der Waals surface area (Å²) in [7, 11) is 0. The lowest BCUT2D eigenvalue weighted by Crippen LogP contribution is -2.27. The second-order valence-electron chi connectivity index (χ2n) is 2.37. The average Bonchev–Trinajstić information content (AvgIpc) is 2.06. The maximum Gasteiger partial charge on any atom is 0.154 e. The number of benzene rings is 1. The number of carbonyl (C=O) groups is 1. The Morgan fingerprint density at radius 2 is 2.08 bits per heavy atom. The van der Waals surface area contributed by atoms with E-state index in [1.54, 1.807) is 12.1 Å². The van der Waals surface area contributed by atoms with Crippen LogP contribution in [0.4, 0.5) is 0 Å². The molecule has 1 aromatic carbocycles. The molecular formula is C9H11NO2. The first-order valence-electron chi connectivity index (χ1n) is 3.74. The SMILES string of the molecule is NC(CC=O)Oc1ccccc1. The van der Waals surface area contributed by atoms with Gasteiger partial charge in [0, 0.05) is 0 Å². The molecule has 0 aromatic heterocycles. The van der Waals surface area contributed by atoms with Gasteiger partial charge in [0.2, 0.25) is 0 Å². The number of nitrogens with two attached hydrogens (primary N) is 1. The van der Waals surface area contributed by atoms with Gasteiger partial charge in [0.1, 0.15) is 12.0 Å². The topological polar surface area (TPSA) is 52.3 Å². The van der Waals surface area contributed by atoms with E-state index in [4.69, 9.17) is 10.5 Å². The van der Waals surface area contributed by atoms with Crippen molar-refractivity contribution in [1.29, 1.82) is 0 Å². The Morgan fingerprint density at radius 3 is 2.67 bits per heavy atom. The van der Waals surface area contributed by atoms with E-state index in [2.05, 4.69) is 0 Å². The van der Waals surface area contributed by atoms with Gasteiger partial charge in [-0.05, 0) is 12.1 Å². The Labute approximate surface area is 71.1 Å². The summed E-state index contributed by atoms with van der Waals surface area (Å²) in [5, 5.41) is 0. The minimum Gasteiger partial charge on any atom is -0.475 e. The van der Waals surface area contributed by atoms with Gasteiger partial charge in [-0.15, -0.1) is 0 Å². The minimum atomic E-state index is -0.537. The lowest BCUT2D eigenvalue weighted by molar-refractivity contribution is -0.109. The molecule has 1 aromatic rings. The monoisotopic (exact) mass is 165 g/mol. The molecule has 3 heteroatoms. The number of carbonyl (C=O) groups excluding carboxylic acids is 1. The number of para-hydroxylation sites is 1. The van der Waals surface area contributed by atoms with Crippen LogP contribution in [0, 0.1) is 0 Å². The highest BCUT2D eigenvalue weighted by molar-refractivity contribution is 5.50. The zero-order chi connectivity index (χ0) is 8.81. The molecule has 0 aliphatic rings. The first-order valence-corrected chi connectivity index (χ1v) is 3.74. The highest BCUT2D eigenvalue weighted by atomic mass is 16.5. The molecule has 0 saturated heterocycles. The van der Waals surface area contributed by atoms with E-state index >= 15 is 0 Å². The van der Waals surface area contributed by atoms with Gasteiger partial charge < -0.3 is 9.53 Å². The van der Waals surface area contributed by atoms with E-state index in [-0.39, 0.29) is 6.42 Å². The molecule has 0 fully saturated rings. The van der Waals surface area contributed by atoms with Crippen molar-refractivity contribution in [2.24, 2.45) is 5.73 Å². The Balaban J connectivity index is 2.46. The fourth-order valence-electron chi connectivity index (χ4n) is 0.817. The number of ether oxygens (including phenoxy) is 1. The van der Waals surface area contributed by atoms with E-state index in [9.17, 15) is 4.79 Å². The Kier molecular flexibility index (Phi) is 3.29. The van der Waals surface area contributed by atoms with E-state index in [1.807, 2.05) is 18.2 Å². The van der Waals surface area contributed by atoms with Crippen molar-refractivity contribution in [1.82, 2.24) is 0 Å². The first-order chi connectivity index (χ1) is 5.83. The Morgan fingerprint density at radius 1 is 1.42 bits per heavy atom. The maximum absolute atomic E-state index is 10.0. The van der Waals surface area contributed by atoms with Crippen LogP contribution in [-0.2, 0) is 4.79 Å². The highest BCUT2D eigenvalue weighted by Gasteiger charge is 2.01. The molecule has 12 heavy (non-hydrogen) atoms. The van der Waals surface area contributed by atoms with Gasteiger partial charge in [0.15, 0.2) is 6.23 Å². The number of aldehydes is 1. The van der Waals surface area contributed by atoms with Crippen LogP contribution in [0.2, 0.25) is 0 Å². The van der Waals surface area contributed by atoms with E-state index in [0.717, 1.165) is 6.29 Å². The van der Waals surface area contributed by atoms with Gasteiger partial charge in [-0.3, -0.25) is 5.73 Å². The zero-order valence-electron chi connectivity index (χ0n) is 6.64. The molecule has 0 aliphatic heterocycles. The molecule has 1 atom stereocenters. The highest BCUT2D eigenvalue weighted by Crippen LogP contribution is 2.09. The Bertz CT molecular complexity index is 236. The van der Waals surface area contributed by atoms with Crippen molar-refractivity contribution in [3.8, 4) is 5.75 Å². The van der Waals surface area contributed by atoms with Crippen molar-refractivity contribution in [3.63, 3.8) is 0 Å². The van der Waals surface area contributed by atoms with Crippen LogP contribution in [0.25, 0.3) is 0 Å². The lowest BCUT2D eigenvalue weighted by atomic mass is 10.3. The molecular weight excluding hydrogens is 154 g/mol. The predicted molar refractivity (Wildman–Crippen MR) is 45.7 cm³/mol. The maximum atomic E-state index is 10.0. The van der Waals surface area contributed by atoms with Crippen LogP contribution >= 0.6 is 0 Å². The third kappa shape index (κ3) is 2.72. The summed E-state index contributed by atoms with van der Waals surface area (Å²) in [6.07, 6.45) is 0.424. The van der Waals surface area contributed by atoms with E-state index in [1.165, 1.54) is 0 Å². The second-order valence-corrected chi connectivity index (χ2v) is 2.37. The van der Waals surface area contributed by atoms with E-state index in [0.29, 0.717) is 5.75 Å². The largest absolute Gasteiger partial charge is 0.475 e. The smallest absolute Gasteiger partial charge is 0.154 e. The molecule has 64 valence electrons. The third-order valence-electron chi connectivity index (χ3n) is 1.36. The van der Waals surface area contributed by atoms with Gasteiger partial charge in [0.25, 0.3) is 0 Å². The third-order valence-corrected chi connectivity index (χ3v) is 1.36. The number of hydrogen-bond acceptors (Lipinski definition) is 3. The zero-order valence-corrected chi connectivity index (χ0v) is 6.64. The van der Waals surface area contributed by atoms with Crippen molar-refractivity contribution in [2.75, 3.05) is 0 Å². The van der Waals surface area contributed by atoms with Crippen LogP contribution in [-0.4, -0.2) is 12.5 Å². The fourth-order valence-corrected chi connectivity index (χ4v) is 0.817. The fraction of sp³-hybridized carbons (Fsp3) is 0.222. The molecule has 0 heterocycles. The van der Waals surface area contributed by atoms with Gasteiger partial charge >= 0.3 is 0 Å². The minimum absolute atomic E-state index is 0.217. The molecule has 1 rings (SSSR count). The van der Waals surface area contributed by atoms with Crippen LogP contribution < -0.4 is 10.5 Å². The van der Waals surface area contributed by atoms with Crippen molar-refractivity contribution in [3.05, 3.63) is 30.3 Å². The first kappa shape index (κ1) is 8.74. The predicted octanol–water partition coefficient (Wildman–Crippen LogP) is 0.939. The Hall–Kier alpha value is -1.35. The molecule has 3 nitrogen and oxygen atoms in total. The summed E-state index contributed by atoms with van der Waals surface area (Å²) in [5.41, 5.74) is 5.46. The van der Waals surface area contributed by atoms with Crippen LogP contribution in [0.5, 0.6) is 5.75 Å². The number of hydrogen-bond donors (Lipinski definition) is 1. The lowest BCUT2D eigenvalue weighted by Gasteiger charge is -2.10.